The van der Waals surface area contributed by atoms with E-state index >= 15 is 0 Å². The molecule has 0 fully saturated rings. The van der Waals surface area contributed by atoms with Crippen LogP contribution in [-0.2, 0) is 0 Å². The zero-order valence-electron chi connectivity index (χ0n) is 17.0. The molecule has 3 aromatic rings. The summed E-state index contributed by atoms with van der Waals surface area (Å²) in [5.74, 6) is 0.901. The molecule has 2 aromatic carbocycles. The first-order valence-electron chi connectivity index (χ1n) is 9.00. The van der Waals surface area contributed by atoms with Gasteiger partial charge in [-0.25, -0.2) is 16.0 Å². The minimum atomic E-state index is 0. The average molecular weight is 412 g/mol. The molecule has 0 atom stereocenters. The minimum Gasteiger partial charge on any atom is -0.339 e. The maximum atomic E-state index is 9.67. The fourth-order valence-corrected chi connectivity index (χ4v) is 2.74. The van der Waals surface area contributed by atoms with Crippen LogP contribution in [0.1, 0.15) is 29.7 Å². The number of aryl methyl sites for hydroxylation is 2. The van der Waals surface area contributed by atoms with Crippen LogP contribution < -0.4 is 10.6 Å². The van der Waals surface area contributed by atoms with Gasteiger partial charge in [-0.15, -0.1) is 0 Å². The summed E-state index contributed by atoms with van der Waals surface area (Å²) in [6.07, 6.45) is 0. The summed E-state index contributed by atoms with van der Waals surface area (Å²) in [6.45, 7) is 5.83. The Kier molecular flexibility index (Phi) is 9.53. The number of nitrogens with one attached hydrogen (secondary N) is 4. The van der Waals surface area contributed by atoms with E-state index < -0.39 is 0 Å². The highest BCUT2D eigenvalue weighted by atomic mass is 15.1. The van der Waals surface area contributed by atoms with E-state index in [4.69, 9.17) is 19.0 Å². The van der Waals surface area contributed by atoms with Gasteiger partial charge >= 0.3 is 0 Å². The minimum absolute atomic E-state index is 0. The van der Waals surface area contributed by atoms with Crippen LogP contribution in [-0.4, -0.2) is 13.0 Å². The molecule has 0 saturated carbocycles. The van der Waals surface area contributed by atoms with Crippen molar-refractivity contribution in [3.05, 3.63) is 70.8 Å². The molecule has 0 aliphatic rings. The predicted octanol–water partition coefficient (Wildman–Crippen LogP) is 6.77. The van der Waals surface area contributed by atoms with Crippen molar-refractivity contribution in [1.82, 2.24) is 4.98 Å². The Morgan fingerprint density at radius 1 is 0.871 bits per heavy atom. The van der Waals surface area contributed by atoms with Gasteiger partial charge in [0.25, 0.3) is 7.98 Å². The summed E-state index contributed by atoms with van der Waals surface area (Å²) in [4.78, 5) is 4.60. The van der Waals surface area contributed by atoms with Gasteiger partial charge in [-0.3, -0.25) is 5.03 Å². The van der Waals surface area contributed by atoms with Crippen molar-refractivity contribution in [3.63, 3.8) is 0 Å². The highest BCUT2D eigenvalue weighted by Crippen LogP contribution is 2.36. The van der Waals surface area contributed by atoms with Crippen molar-refractivity contribution < 1.29 is 0 Å². The normalized spacial score (nSPS) is 9.74. The van der Waals surface area contributed by atoms with E-state index in [0.717, 1.165) is 22.5 Å². The van der Waals surface area contributed by atoms with Crippen LogP contribution in [0.5, 0.6) is 0 Å². The number of pyridine rings is 1. The zero-order chi connectivity index (χ0) is 22.1. The standard InChI is InChI=1S/C21H19BN6.CH4.H2N2/c1-13-4-8-16(9-5-13)24-20-18(12-23)15(3)19(27-28-22)21(26-20)25-17-10-6-14(2)7-11-17;;1-2/h4-11H,1-3H3,(H2,24,25,26);1H4;1-2H. The van der Waals surface area contributed by atoms with Gasteiger partial charge in [0.05, 0.1) is 5.56 Å². The molecular formula is C22H25BN8. The lowest BCUT2D eigenvalue weighted by molar-refractivity contribution is 1.05. The van der Waals surface area contributed by atoms with Crippen LogP contribution >= 0.6 is 0 Å². The SMILES string of the molecule is C.N=N.[B]N=Nc1c(Nc2ccc(C)cc2)nc(Nc2ccc(C)cc2)c(C#N)c1C. The van der Waals surface area contributed by atoms with Crippen molar-refractivity contribution in [2.45, 2.75) is 28.2 Å². The molecule has 0 unspecified atom stereocenters. The van der Waals surface area contributed by atoms with E-state index in [1.165, 1.54) is 0 Å². The fourth-order valence-electron chi connectivity index (χ4n) is 2.74. The van der Waals surface area contributed by atoms with Gasteiger partial charge < -0.3 is 10.6 Å². The third kappa shape index (κ3) is 6.21. The summed E-state index contributed by atoms with van der Waals surface area (Å²) >= 11 is 0. The molecule has 0 spiro atoms. The molecule has 0 amide bonds. The highest BCUT2D eigenvalue weighted by molar-refractivity contribution is 6.05. The second kappa shape index (κ2) is 11.8. The number of anilines is 4. The van der Waals surface area contributed by atoms with E-state index in [1.54, 1.807) is 6.92 Å². The van der Waals surface area contributed by atoms with E-state index in [1.807, 2.05) is 62.4 Å². The lowest BCUT2D eigenvalue weighted by atomic mass is 10.1. The molecule has 0 aliphatic carbocycles. The molecule has 1 heterocycles. The molecule has 0 bridgehead atoms. The summed E-state index contributed by atoms with van der Waals surface area (Å²) in [5, 5.41) is 23.5. The quantitative estimate of drug-likeness (QED) is 0.272. The Morgan fingerprint density at radius 3 is 1.74 bits per heavy atom. The van der Waals surface area contributed by atoms with Crippen molar-refractivity contribution in [2.75, 3.05) is 10.6 Å². The number of hydrogen-bond acceptors (Lipinski definition) is 8. The second-order valence-electron chi connectivity index (χ2n) is 6.47. The van der Waals surface area contributed by atoms with Gasteiger partial charge in [0, 0.05) is 16.9 Å². The Balaban J connectivity index is 0.00000156. The Hall–Kier alpha value is -4.06. The zero-order valence-corrected chi connectivity index (χ0v) is 17.0. The average Bonchev–Trinajstić information content (AvgIpc) is 2.76. The molecule has 0 aliphatic heterocycles. The molecule has 31 heavy (non-hydrogen) atoms. The number of nitrogens with zero attached hydrogens (tertiary/aromatic N) is 4. The van der Waals surface area contributed by atoms with Gasteiger partial charge in [0.15, 0.2) is 11.6 Å². The molecule has 9 heteroatoms. The largest absolute Gasteiger partial charge is 0.339 e. The monoisotopic (exact) mass is 412 g/mol. The fraction of sp³-hybridized carbons (Fsp3) is 0.182. The van der Waals surface area contributed by atoms with Crippen molar-refractivity contribution in [2.24, 2.45) is 10.1 Å². The van der Waals surface area contributed by atoms with Crippen LogP contribution in [0.4, 0.5) is 28.7 Å². The van der Waals surface area contributed by atoms with E-state index in [2.05, 4.69) is 31.8 Å². The van der Waals surface area contributed by atoms with E-state index in [0.29, 0.717) is 28.5 Å². The second-order valence-corrected chi connectivity index (χ2v) is 6.47. The molecule has 8 nitrogen and oxygen atoms in total. The number of rotatable bonds is 5. The first kappa shape index (κ1) is 25.0. The lowest BCUT2D eigenvalue weighted by Crippen LogP contribution is -2.04. The number of aromatic nitrogens is 1. The maximum absolute atomic E-state index is 9.67. The Morgan fingerprint density at radius 2 is 1.32 bits per heavy atom. The maximum Gasteiger partial charge on any atom is 0.293 e. The number of nitriles is 1. The molecule has 1 aromatic heterocycles. The summed E-state index contributed by atoms with van der Waals surface area (Å²) < 4.78 is 0. The van der Waals surface area contributed by atoms with E-state index in [-0.39, 0.29) is 7.43 Å². The lowest BCUT2D eigenvalue weighted by Gasteiger charge is -2.16. The molecule has 2 radical (unpaired) electrons. The first-order valence-corrected chi connectivity index (χ1v) is 9.00. The van der Waals surface area contributed by atoms with Crippen LogP contribution in [0.2, 0.25) is 0 Å². The smallest absolute Gasteiger partial charge is 0.293 e. The highest BCUT2D eigenvalue weighted by Gasteiger charge is 2.17. The van der Waals surface area contributed by atoms with Crippen molar-refractivity contribution in [1.29, 1.82) is 16.3 Å². The van der Waals surface area contributed by atoms with Crippen LogP contribution in [0.15, 0.2) is 58.7 Å². The Labute approximate surface area is 184 Å². The Bertz CT molecular complexity index is 1070. The van der Waals surface area contributed by atoms with Crippen LogP contribution in [0.25, 0.3) is 0 Å². The predicted molar refractivity (Wildman–Crippen MR) is 125 cm³/mol. The van der Waals surface area contributed by atoms with Gasteiger partial charge in [0.1, 0.15) is 11.8 Å². The van der Waals surface area contributed by atoms with Crippen LogP contribution in [0.3, 0.4) is 0 Å². The third-order valence-electron chi connectivity index (χ3n) is 4.31. The first-order chi connectivity index (χ1) is 14.5. The van der Waals surface area contributed by atoms with Gasteiger partial charge in [-0.2, -0.15) is 10.4 Å². The van der Waals surface area contributed by atoms with Gasteiger partial charge in [-0.05, 0) is 45.0 Å². The van der Waals surface area contributed by atoms with Gasteiger partial charge in [-0.1, -0.05) is 42.8 Å². The van der Waals surface area contributed by atoms with Crippen molar-refractivity contribution >= 4 is 36.7 Å². The molecular weight excluding hydrogens is 387 g/mol. The van der Waals surface area contributed by atoms with Crippen LogP contribution in [0, 0.1) is 43.2 Å². The molecule has 4 N–H and O–H groups in total. The summed E-state index contributed by atoms with van der Waals surface area (Å²) in [5.41, 5.74) is 15.4. The summed E-state index contributed by atoms with van der Waals surface area (Å²) in [6, 6.07) is 17.9. The molecule has 3 rings (SSSR count). The number of benzene rings is 2. The molecule has 0 saturated heterocycles. The number of hydrogen-bond donors (Lipinski definition) is 4. The van der Waals surface area contributed by atoms with Gasteiger partial charge in [0.2, 0.25) is 0 Å². The topological polar surface area (TPSA) is 133 Å². The summed E-state index contributed by atoms with van der Waals surface area (Å²) in [7, 11) is 5.28. The molecule has 156 valence electrons. The third-order valence-corrected chi connectivity index (χ3v) is 4.31. The van der Waals surface area contributed by atoms with E-state index in [9.17, 15) is 5.26 Å². The van der Waals surface area contributed by atoms with Crippen molar-refractivity contribution in [3.8, 4) is 6.07 Å².